The molecule has 1 rings (SSSR count). The molecule has 1 heterocycles. The lowest BCUT2D eigenvalue weighted by atomic mass is 10.2. The van der Waals surface area contributed by atoms with Crippen LogP contribution in [-0.4, -0.2) is 50.2 Å². The van der Waals surface area contributed by atoms with Crippen molar-refractivity contribution in [3.63, 3.8) is 0 Å². The molecule has 2 N–H and O–H groups in total. The molecule has 0 saturated carbocycles. The maximum atomic E-state index is 9.75. The average Bonchev–Trinajstić information content (AvgIpc) is 2.89. The summed E-state index contributed by atoms with van der Waals surface area (Å²) in [5, 5.41) is 15.2. The van der Waals surface area contributed by atoms with Crippen LogP contribution in [0.5, 0.6) is 0 Å². The molecule has 0 spiro atoms. The normalized spacial score (nSPS) is 14.5. The fourth-order valence-electron chi connectivity index (χ4n) is 1.68. The van der Waals surface area contributed by atoms with Crippen molar-refractivity contribution in [3.8, 4) is 0 Å². The third-order valence-corrected chi connectivity index (χ3v) is 3.57. The van der Waals surface area contributed by atoms with Crippen LogP contribution in [0.2, 0.25) is 0 Å². The molecule has 110 valence electrons. The minimum absolute atomic E-state index is 0.353. The Balaban J connectivity index is 2.01. The third kappa shape index (κ3) is 8.34. The quantitative estimate of drug-likeness (QED) is 0.608. The van der Waals surface area contributed by atoms with Gasteiger partial charge in [0.1, 0.15) is 0 Å². The lowest BCUT2D eigenvalue weighted by Crippen LogP contribution is -2.37. The summed E-state index contributed by atoms with van der Waals surface area (Å²) in [6.45, 7) is 6.82. The van der Waals surface area contributed by atoms with Crippen LogP contribution in [-0.2, 0) is 15.9 Å². The molecule has 5 heteroatoms. The van der Waals surface area contributed by atoms with Crippen molar-refractivity contribution >= 4 is 11.3 Å². The van der Waals surface area contributed by atoms with E-state index >= 15 is 0 Å². The summed E-state index contributed by atoms with van der Waals surface area (Å²) in [6, 6.07) is 4.56. The van der Waals surface area contributed by atoms with Crippen molar-refractivity contribution in [1.82, 2.24) is 5.32 Å². The first-order chi connectivity index (χ1) is 9.22. The molecule has 0 bridgehead atoms. The van der Waals surface area contributed by atoms with Crippen LogP contribution in [0.15, 0.2) is 17.5 Å². The number of nitrogens with one attached hydrogen (secondary N) is 1. The van der Waals surface area contributed by atoms with Crippen molar-refractivity contribution in [1.29, 1.82) is 0 Å². The number of hydrogen-bond acceptors (Lipinski definition) is 5. The Hall–Kier alpha value is -0.460. The van der Waals surface area contributed by atoms with Crippen LogP contribution in [0.1, 0.15) is 18.7 Å². The first-order valence-electron chi connectivity index (χ1n) is 6.81. The van der Waals surface area contributed by atoms with Crippen molar-refractivity contribution in [2.75, 3.05) is 33.0 Å². The molecule has 0 radical (unpaired) electrons. The van der Waals surface area contributed by atoms with Gasteiger partial charge in [-0.05, 0) is 31.7 Å². The molecule has 4 nitrogen and oxygen atoms in total. The first-order valence-corrected chi connectivity index (χ1v) is 7.69. The zero-order valence-corrected chi connectivity index (χ0v) is 12.6. The van der Waals surface area contributed by atoms with Crippen molar-refractivity contribution in [2.45, 2.75) is 32.4 Å². The standard InChI is InChI=1S/C14H25NO3S/c1-3-17-6-7-18-11-13(16)10-15-12(2)9-14-5-4-8-19-14/h4-5,8,12-13,15-16H,3,6-7,9-11H2,1-2H3. The van der Waals surface area contributed by atoms with Crippen LogP contribution in [0.25, 0.3) is 0 Å². The summed E-state index contributed by atoms with van der Waals surface area (Å²) in [5.41, 5.74) is 0. The molecule has 0 aliphatic rings. The molecular weight excluding hydrogens is 262 g/mol. The number of rotatable bonds is 11. The van der Waals surface area contributed by atoms with Crippen molar-refractivity contribution in [3.05, 3.63) is 22.4 Å². The Morgan fingerprint density at radius 1 is 1.37 bits per heavy atom. The zero-order chi connectivity index (χ0) is 13.9. The van der Waals surface area contributed by atoms with Gasteiger partial charge in [-0.25, -0.2) is 0 Å². The molecule has 1 aromatic rings. The summed E-state index contributed by atoms with van der Waals surface area (Å²) in [7, 11) is 0. The lowest BCUT2D eigenvalue weighted by molar-refractivity contribution is 0.00588. The smallest absolute Gasteiger partial charge is 0.0897 e. The highest BCUT2D eigenvalue weighted by Crippen LogP contribution is 2.10. The second-order valence-electron chi connectivity index (χ2n) is 4.52. The molecule has 0 aliphatic carbocycles. The first kappa shape index (κ1) is 16.6. The van der Waals surface area contributed by atoms with Crippen LogP contribution in [0.4, 0.5) is 0 Å². The Kier molecular flexibility index (Phi) is 9.03. The van der Waals surface area contributed by atoms with Crippen molar-refractivity contribution < 1.29 is 14.6 Å². The number of aliphatic hydroxyl groups is 1. The predicted molar refractivity (Wildman–Crippen MR) is 78.8 cm³/mol. The van der Waals surface area contributed by atoms with Gasteiger partial charge in [0, 0.05) is 24.1 Å². The lowest BCUT2D eigenvalue weighted by Gasteiger charge is -2.16. The molecule has 0 amide bonds. The topological polar surface area (TPSA) is 50.7 Å². The molecule has 0 aliphatic heterocycles. The van der Waals surface area contributed by atoms with Crippen molar-refractivity contribution in [2.24, 2.45) is 0 Å². The molecular formula is C14H25NO3S. The van der Waals surface area contributed by atoms with Gasteiger partial charge in [-0.1, -0.05) is 6.07 Å². The van der Waals surface area contributed by atoms with Crippen LogP contribution in [0, 0.1) is 0 Å². The second kappa shape index (κ2) is 10.3. The molecule has 1 aromatic heterocycles. The van der Waals surface area contributed by atoms with Gasteiger partial charge in [-0.2, -0.15) is 0 Å². The SMILES string of the molecule is CCOCCOCC(O)CNC(C)Cc1cccs1. The van der Waals surface area contributed by atoms with E-state index in [0.29, 0.717) is 39.0 Å². The van der Waals surface area contributed by atoms with E-state index in [1.807, 2.05) is 6.92 Å². The Morgan fingerprint density at radius 3 is 2.84 bits per heavy atom. The van der Waals surface area contributed by atoms with Crippen LogP contribution < -0.4 is 5.32 Å². The van der Waals surface area contributed by atoms with E-state index in [1.165, 1.54) is 4.88 Å². The van der Waals surface area contributed by atoms with E-state index in [1.54, 1.807) is 11.3 Å². The second-order valence-corrected chi connectivity index (χ2v) is 5.55. The number of thiophene rings is 1. The zero-order valence-electron chi connectivity index (χ0n) is 11.8. The van der Waals surface area contributed by atoms with Gasteiger partial charge in [0.05, 0.1) is 25.9 Å². The highest BCUT2D eigenvalue weighted by molar-refractivity contribution is 7.09. The van der Waals surface area contributed by atoms with Gasteiger partial charge < -0.3 is 19.9 Å². The van der Waals surface area contributed by atoms with E-state index in [2.05, 4.69) is 29.8 Å². The third-order valence-electron chi connectivity index (χ3n) is 2.68. The molecule has 0 fully saturated rings. The molecule has 19 heavy (non-hydrogen) atoms. The highest BCUT2D eigenvalue weighted by Gasteiger charge is 2.08. The molecule has 2 unspecified atom stereocenters. The van der Waals surface area contributed by atoms with E-state index in [0.717, 1.165) is 6.42 Å². The molecule has 2 atom stereocenters. The molecule has 0 aromatic carbocycles. The summed E-state index contributed by atoms with van der Waals surface area (Å²) < 4.78 is 10.5. The van der Waals surface area contributed by atoms with Gasteiger partial charge in [-0.15, -0.1) is 11.3 Å². The van der Waals surface area contributed by atoms with Gasteiger partial charge in [0.25, 0.3) is 0 Å². The Morgan fingerprint density at radius 2 is 2.16 bits per heavy atom. The van der Waals surface area contributed by atoms with E-state index in [9.17, 15) is 5.11 Å². The largest absolute Gasteiger partial charge is 0.389 e. The Bertz CT molecular complexity index is 306. The predicted octanol–water partition coefficient (Wildman–Crippen LogP) is 1.68. The monoisotopic (exact) mass is 287 g/mol. The molecule has 0 saturated heterocycles. The van der Waals surface area contributed by atoms with E-state index in [4.69, 9.17) is 9.47 Å². The number of ether oxygens (including phenoxy) is 2. The maximum Gasteiger partial charge on any atom is 0.0897 e. The van der Waals surface area contributed by atoms with Crippen LogP contribution in [0.3, 0.4) is 0 Å². The summed E-state index contributed by atoms with van der Waals surface area (Å²) >= 11 is 1.77. The van der Waals surface area contributed by atoms with Gasteiger partial charge in [-0.3, -0.25) is 0 Å². The van der Waals surface area contributed by atoms with E-state index < -0.39 is 6.10 Å². The Labute approximate surface area is 119 Å². The fourth-order valence-corrected chi connectivity index (χ4v) is 2.52. The van der Waals surface area contributed by atoms with Gasteiger partial charge in [0.15, 0.2) is 0 Å². The average molecular weight is 287 g/mol. The maximum absolute atomic E-state index is 9.75. The van der Waals surface area contributed by atoms with E-state index in [-0.39, 0.29) is 0 Å². The highest BCUT2D eigenvalue weighted by atomic mass is 32.1. The minimum atomic E-state index is -0.465. The number of hydrogen-bond donors (Lipinski definition) is 2. The van der Waals surface area contributed by atoms with Crippen LogP contribution >= 0.6 is 11.3 Å². The summed E-state index contributed by atoms with van der Waals surface area (Å²) in [6.07, 6.45) is 0.530. The number of aliphatic hydroxyl groups excluding tert-OH is 1. The summed E-state index contributed by atoms with van der Waals surface area (Å²) in [5.74, 6) is 0. The van der Waals surface area contributed by atoms with Gasteiger partial charge in [0.2, 0.25) is 0 Å². The minimum Gasteiger partial charge on any atom is -0.389 e. The fraction of sp³-hybridized carbons (Fsp3) is 0.714. The summed E-state index contributed by atoms with van der Waals surface area (Å²) in [4.78, 5) is 1.36. The van der Waals surface area contributed by atoms with Gasteiger partial charge >= 0.3 is 0 Å².